The molecule has 8 heteroatoms. The SMILES string of the molecule is Cc1cccc(NC(=O)C(Sc2cccc(NC(=O)/C(=C/c3cccc(Cl)c3)NC(=O)c3ccccc3)c2)c2ccccc2)c1C. The second kappa shape index (κ2) is 15.3. The van der Waals surface area contributed by atoms with E-state index in [1.165, 1.54) is 11.8 Å². The van der Waals surface area contributed by atoms with E-state index in [9.17, 15) is 14.4 Å². The molecular formula is C38H32ClN3O3S. The van der Waals surface area contributed by atoms with Gasteiger partial charge in [-0.05, 0) is 90.7 Å². The Morgan fingerprint density at radius 1 is 0.739 bits per heavy atom. The fourth-order valence-corrected chi connectivity index (χ4v) is 5.95. The van der Waals surface area contributed by atoms with Gasteiger partial charge in [0.15, 0.2) is 0 Å². The fourth-order valence-electron chi connectivity index (χ4n) is 4.67. The normalized spacial score (nSPS) is 11.8. The van der Waals surface area contributed by atoms with Gasteiger partial charge >= 0.3 is 0 Å². The Bertz CT molecular complexity index is 1890. The Morgan fingerprint density at radius 2 is 1.43 bits per heavy atom. The molecule has 0 saturated carbocycles. The first-order valence-corrected chi connectivity index (χ1v) is 15.9. The summed E-state index contributed by atoms with van der Waals surface area (Å²) in [6.45, 7) is 4.00. The van der Waals surface area contributed by atoms with Crippen LogP contribution in [-0.2, 0) is 9.59 Å². The average Bonchev–Trinajstić information content (AvgIpc) is 3.06. The van der Waals surface area contributed by atoms with Crippen molar-refractivity contribution in [3.8, 4) is 0 Å². The van der Waals surface area contributed by atoms with E-state index >= 15 is 0 Å². The average molecular weight is 646 g/mol. The number of aryl methyl sites for hydroxylation is 1. The van der Waals surface area contributed by atoms with E-state index in [2.05, 4.69) is 16.0 Å². The zero-order chi connectivity index (χ0) is 32.5. The third kappa shape index (κ3) is 8.53. The van der Waals surface area contributed by atoms with Gasteiger partial charge in [-0.1, -0.05) is 90.5 Å². The molecule has 5 rings (SSSR count). The van der Waals surface area contributed by atoms with Gasteiger partial charge in [-0.15, -0.1) is 11.8 Å². The molecule has 1 atom stereocenters. The number of hydrogen-bond acceptors (Lipinski definition) is 4. The monoisotopic (exact) mass is 645 g/mol. The van der Waals surface area contributed by atoms with E-state index in [-0.39, 0.29) is 11.6 Å². The summed E-state index contributed by atoms with van der Waals surface area (Å²) in [6, 6.07) is 38.3. The highest BCUT2D eigenvalue weighted by atomic mass is 35.5. The maximum atomic E-state index is 13.7. The minimum atomic E-state index is -0.560. The Hall–Kier alpha value is -5.11. The maximum absolute atomic E-state index is 13.7. The Kier molecular flexibility index (Phi) is 10.7. The van der Waals surface area contributed by atoms with Gasteiger partial charge in [0.2, 0.25) is 5.91 Å². The molecule has 0 aliphatic rings. The number of halogens is 1. The van der Waals surface area contributed by atoms with Crippen LogP contribution >= 0.6 is 23.4 Å². The van der Waals surface area contributed by atoms with Crippen molar-refractivity contribution in [2.75, 3.05) is 10.6 Å². The van der Waals surface area contributed by atoms with Crippen LogP contribution in [0.3, 0.4) is 0 Å². The van der Waals surface area contributed by atoms with E-state index in [1.807, 2.05) is 80.6 Å². The van der Waals surface area contributed by atoms with Crippen molar-refractivity contribution in [1.82, 2.24) is 5.32 Å². The molecule has 0 fully saturated rings. The van der Waals surface area contributed by atoms with Gasteiger partial charge in [-0.25, -0.2) is 0 Å². The number of anilines is 2. The van der Waals surface area contributed by atoms with Gasteiger partial charge in [0.25, 0.3) is 11.8 Å². The lowest BCUT2D eigenvalue weighted by Crippen LogP contribution is -2.30. The molecule has 6 nitrogen and oxygen atoms in total. The van der Waals surface area contributed by atoms with Gasteiger partial charge in [-0.2, -0.15) is 0 Å². The van der Waals surface area contributed by atoms with Crippen molar-refractivity contribution < 1.29 is 14.4 Å². The van der Waals surface area contributed by atoms with Crippen LogP contribution in [0, 0.1) is 13.8 Å². The summed E-state index contributed by atoms with van der Waals surface area (Å²) in [4.78, 5) is 41.1. The molecule has 0 bridgehead atoms. The molecule has 5 aromatic carbocycles. The Balaban J connectivity index is 1.38. The first-order chi connectivity index (χ1) is 22.3. The number of carbonyl (C=O) groups excluding carboxylic acids is 3. The highest BCUT2D eigenvalue weighted by molar-refractivity contribution is 8.00. The molecule has 3 amide bonds. The van der Waals surface area contributed by atoms with E-state index in [0.717, 1.165) is 27.3 Å². The lowest BCUT2D eigenvalue weighted by molar-refractivity contribution is -0.116. The second-order valence-corrected chi connectivity index (χ2v) is 12.2. The van der Waals surface area contributed by atoms with Crippen molar-refractivity contribution in [2.45, 2.75) is 24.0 Å². The Labute approximate surface area is 277 Å². The van der Waals surface area contributed by atoms with Crippen molar-refractivity contribution in [3.05, 3.63) is 166 Å². The molecule has 5 aromatic rings. The van der Waals surface area contributed by atoms with E-state index in [1.54, 1.807) is 66.7 Å². The molecule has 0 aliphatic carbocycles. The van der Waals surface area contributed by atoms with E-state index < -0.39 is 17.1 Å². The van der Waals surface area contributed by atoms with Crippen LogP contribution in [0.1, 0.15) is 37.9 Å². The number of thioether (sulfide) groups is 1. The summed E-state index contributed by atoms with van der Waals surface area (Å²) in [7, 11) is 0. The highest BCUT2D eigenvalue weighted by Gasteiger charge is 2.23. The van der Waals surface area contributed by atoms with Crippen LogP contribution in [0.4, 0.5) is 11.4 Å². The van der Waals surface area contributed by atoms with Crippen LogP contribution in [0.25, 0.3) is 6.08 Å². The summed E-state index contributed by atoms with van der Waals surface area (Å²) in [6.07, 6.45) is 1.57. The van der Waals surface area contributed by atoms with E-state index in [4.69, 9.17) is 11.6 Å². The van der Waals surface area contributed by atoms with Crippen LogP contribution in [0.2, 0.25) is 5.02 Å². The lowest BCUT2D eigenvalue weighted by Gasteiger charge is -2.19. The zero-order valence-corrected chi connectivity index (χ0v) is 26.9. The molecule has 0 saturated heterocycles. The van der Waals surface area contributed by atoms with Gasteiger partial charge in [-0.3, -0.25) is 14.4 Å². The summed E-state index contributed by atoms with van der Waals surface area (Å²) in [5, 5.41) is 8.69. The van der Waals surface area contributed by atoms with Crippen molar-refractivity contribution in [3.63, 3.8) is 0 Å². The zero-order valence-electron chi connectivity index (χ0n) is 25.3. The number of amides is 3. The predicted molar refractivity (Wildman–Crippen MR) is 188 cm³/mol. The number of nitrogens with one attached hydrogen (secondary N) is 3. The van der Waals surface area contributed by atoms with Gasteiger partial charge in [0.1, 0.15) is 10.9 Å². The second-order valence-electron chi connectivity index (χ2n) is 10.6. The molecule has 0 aliphatic heterocycles. The number of carbonyl (C=O) groups is 3. The minimum absolute atomic E-state index is 0.0456. The molecule has 3 N–H and O–H groups in total. The van der Waals surface area contributed by atoms with Crippen molar-refractivity contribution in [2.24, 2.45) is 0 Å². The fraction of sp³-hybridized carbons (Fsp3) is 0.0789. The topological polar surface area (TPSA) is 87.3 Å². The Morgan fingerprint density at radius 3 is 2.17 bits per heavy atom. The van der Waals surface area contributed by atoms with Crippen LogP contribution < -0.4 is 16.0 Å². The standard InChI is InChI=1S/C38H32ClN3O3S/c1-25-12-9-21-33(26(25)2)41-38(45)35(28-14-5-3-6-15-28)46-32-20-11-19-31(24-32)40-37(44)34(23-27-13-10-18-30(39)22-27)42-36(43)29-16-7-4-8-17-29/h3-24,35H,1-2H3,(H,40,44)(H,41,45)(H,42,43)/b34-23-. The first-order valence-electron chi connectivity index (χ1n) is 14.6. The summed E-state index contributed by atoms with van der Waals surface area (Å²) in [5.74, 6) is -1.10. The molecule has 46 heavy (non-hydrogen) atoms. The van der Waals surface area contributed by atoms with Crippen LogP contribution in [0.15, 0.2) is 138 Å². The minimum Gasteiger partial charge on any atom is -0.325 e. The van der Waals surface area contributed by atoms with Crippen molar-refractivity contribution in [1.29, 1.82) is 0 Å². The van der Waals surface area contributed by atoms with Crippen LogP contribution in [-0.4, -0.2) is 17.7 Å². The molecule has 0 radical (unpaired) electrons. The summed E-state index contributed by atoms with van der Waals surface area (Å²) >= 11 is 7.56. The van der Waals surface area contributed by atoms with Gasteiger partial charge in [0, 0.05) is 26.9 Å². The highest BCUT2D eigenvalue weighted by Crippen LogP contribution is 2.37. The quantitative estimate of drug-likeness (QED) is 0.105. The maximum Gasteiger partial charge on any atom is 0.272 e. The molecule has 0 heterocycles. The molecule has 0 aromatic heterocycles. The third-order valence-corrected chi connectivity index (χ3v) is 8.72. The van der Waals surface area contributed by atoms with Crippen molar-refractivity contribution >= 4 is 58.5 Å². The van der Waals surface area contributed by atoms with E-state index in [0.29, 0.717) is 21.8 Å². The number of benzene rings is 5. The molecular weight excluding hydrogens is 614 g/mol. The first kappa shape index (κ1) is 32.3. The smallest absolute Gasteiger partial charge is 0.272 e. The number of rotatable bonds is 10. The summed E-state index contributed by atoms with van der Waals surface area (Å²) < 4.78 is 0. The third-order valence-electron chi connectivity index (χ3n) is 7.24. The largest absolute Gasteiger partial charge is 0.325 e. The van der Waals surface area contributed by atoms with Gasteiger partial charge < -0.3 is 16.0 Å². The molecule has 0 spiro atoms. The summed E-state index contributed by atoms with van der Waals surface area (Å²) in [5.41, 5.74) is 5.33. The number of hydrogen-bond donors (Lipinski definition) is 3. The molecule has 230 valence electrons. The van der Waals surface area contributed by atoms with Crippen LogP contribution in [0.5, 0.6) is 0 Å². The molecule has 1 unspecified atom stereocenters. The van der Waals surface area contributed by atoms with Gasteiger partial charge in [0.05, 0.1) is 0 Å². The predicted octanol–water partition coefficient (Wildman–Crippen LogP) is 8.84. The lowest BCUT2D eigenvalue weighted by atomic mass is 10.1.